The van der Waals surface area contributed by atoms with Crippen LogP contribution in [0, 0.1) is 5.82 Å². The van der Waals surface area contributed by atoms with Crippen LogP contribution in [0.25, 0.3) is 0 Å². The molecule has 0 unspecified atom stereocenters. The zero-order chi connectivity index (χ0) is 19.4. The molecule has 26 heavy (non-hydrogen) atoms. The minimum absolute atomic E-state index is 0.194. The van der Waals surface area contributed by atoms with Gasteiger partial charge in [-0.05, 0) is 61.0 Å². The van der Waals surface area contributed by atoms with E-state index in [1.165, 1.54) is 11.6 Å². The summed E-state index contributed by atoms with van der Waals surface area (Å²) < 4.78 is 13.6. The SMILES string of the molecule is CCCCN(Cc1ccc(Cl)cc1)Cc1cc(F)ccc1NC.CCN. The van der Waals surface area contributed by atoms with Crippen molar-refractivity contribution in [3.63, 3.8) is 0 Å². The first kappa shape index (κ1) is 22.4. The summed E-state index contributed by atoms with van der Waals surface area (Å²) in [5.74, 6) is -0.194. The van der Waals surface area contributed by atoms with E-state index < -0.39 is 0 Å². The lowest BCUT2D eigenvalue weighted by Gasteiger charge is -2.24. The summed E-state index contributed by atoms with van der Waals surface area (Å²) in [4.78, 5) is 2.35. The van der Waals surface area contributed by atoms with E-state index in [0.717, 1.165) is 55.3 Å². The third-order valence-electron chi connectivity index (χ3n) is 3.88. The molecule has 0 spiro atoms. The molecule has 0 aliphatic heterocycles. The largest absolute Gasteiger partial charge is 0.388 e. The Morgan fingerprint density at radius 2 is 1.73 bits per heavy atom. The highest BCUT2D eigenvalue weighted by Gasteiger charge is 2.10. The van der Waals surface area contributed by atoms with E-state index in [-0.39, 0.29) is 5.82 Å². The highest BCUT2D eigenvalue weighted by Crippen LogP contribution is 2.20. The molecule has 3 nitrogen and oxygen atoms in total. The fourth-order valence-corrected chi connectivity index (χ4v) is 2.75. The predicted octanol–water partition coefficient (Wildman–Crippen LogP) is 5.29. The topological polar surface area (TPSA) is 41.3 Å². The maximum atomic E-state index is 13.6. The van der Waals surface area contributed by atoms with Gasteiger partial charge in [-0.25, -0.2) is 4.39 Å². The van der Waals surface area contributed by atoms with E-state index in [0.29, 0.717) is 0 Å². The van der Waals surface area contributed by atoms with Crippen LogP contribution in [-0.2, 0) is 13.1 Å². The van der Waals surface area contributed by atoms with Gasteiger partial charge in [-0.2, -0.15) is 0 Å². The second-order valence-corrected chi connectivity index (χ2v) is 6.59. The van der Waals surface area contributed by atoms with Crippen LogP contribution in [0.3, 0.4) is 0 Å². The molecule has 0 radical (unpaired) electrons. The molecule has 2 aromatic carbocycles. The second-order valence-electron chi connectivity index (χ2n) is 6.15. The third-order valence-corrected chi connectivity index (χ3v) is 4.13. The van der Waals surface area contributed by atoms with Gasteiger partial charge in [-0.15, -0.1) is 0 Å². The first-order chi connectivity index (χ1) is 12.5. The molecule has 0 aromatic heterocycles. The van der Waals surface area contributed by atoms with Crippen molar-refractivity contribution in [2.45, 2.75) is 39.8 Å². The van der Waals surface area contributed by atoms with Crippen molar-refractivity contribution in [1.82, 2.24) is 4.90 Å². The molecule has 2 aromatic rings. The summed E-state index contributed by atoms with van der Waals surface area (Å²) in [7, 11) is 1.87. The first-order valence-electron chi connectivity index (χ1n) is 9.17. The lowest BCUT2D eigenvalue weighted by atomic mass is 10.1. The Hall–Kier alpha value is -1.62. The van der Waals surface area contributed by atoms with Crippen molar-refractivity contribution in [3.8, 4) is 0 Å². The maximum absolute atomic E-state index is 13.6. The Morgan fingerprint density at radius 3 is 2.31 bits per heavy atom. The van der Waals surface area contributed by atoms with Gasteiger partial charge in [0.25, 0.3) is 0 Å². The van der Waals surface area contributed by atoms with Crippen molar-refractivity contribution in [3.05, 3.63) is 64.4 Å². The normalized spacial score (nSPS) is 10.4. The molecule has 0 saturated carbocycles. The molecule has 0 amide bonds. The Kier molecular flexibility index (Phi) is 10.9. The second kappa shape index (κ2) is 12.7. The molecule has 0 atom stereocenters. The first-order valence-corrected chi connectivity index (χ1v) is 9.54. The van der Waals surface area contributed by atoms with Crippen molar-refractivity contribution < 1.29 is 4.39 Å². The quantitative estimate of drug-likeness (QED) is 0.654. The van der Waals surface area contributed by atoms with E-state index in [1.807, 2.05) is 38.2 Å². The van der Waals surface area contributed by atoms with Gasteiger partial charge in [0.1, 0.15) is 5.82 Å². The van der Waals surface area contributed by atoms with E-state index in [9.17, 15) is 4.39 Å². The predicted molar refractivity (Wildman–Crippen MR) is 111 cm³/mol. The number of nitrogens with one attached hydrogen (secondary N) is 1. The number of hydrogen-bond acceptors (Lipinski definition) is 3. The minimum atomic E-state index is -0.194. The van der Waals surface area contributed by atoms with Crippen LogP contribution >= 0.6 is 11.6 Å². The summed E-state index contributed by atoms with van der Waals surface area (Å²) in [5.41, 5.74) is 8.02. The molecule has 0 saturated heterocycles. The smallest absolute Gasteiger partial charge is 0.123 e. The van der Waals surface area contributed by atoms with Gasteiger partial charge in [0.15, 0.2) is 0 Å². The lowest BCUT2D eigenvalue weighted by Crippen LogP contribution is -2.24. The van der Waals surface area contributed by atoms with Crippen LogP contribution in [0.4, 0.5) is 10.1 Å². The molecule has 0 heterocycles. The van der Waals surface area contributed by atoms with Crippen LogP contribution < -0.4 is 11.1 Å². The monoisotopic (exact) mass is 379 g/mol. The number of hydrogen-bond donors (Lipinski definition) is 2. The molecule has 2 rings (SSSR count). The van der Waals surface area contributed by atoms with Gasteiger partial charge >= 0.3 is 0 Å². The zero-order valence-electron chi connectivity index (χ0n) is 16.1. The summed E-state index contributed by atoms with van der Waals surface area (Å²) >= 11 is 5.96. The molecular formula is C21H31ClFN3. The van der Waals surface area contributed by atoms with E-state index in [2.05, 4.69) is 17.1 Å². The van der Waals surface area contributed by atoms with Gasteiger partial charge in [0.05, 0.1) is 0 Å². The van der Waals surface area contributed by atoms with Crippen molar-refractivity contribution >= 4 is 17.3 Å². The number of anilines is 1. The molecule has 5 heteroatoms. The number of halogens is 2. The maximum Gasteiger partial charge on any atom is 0.123 e. The molecule has 144 valence electrons. The standard InChI is InChI=1S/C19H24ClFN2.C2H7N/c1-3-4-11-23(13-15-5-7-17(20)8-6-15)14-16-12-18(21)9-10-19(16)22-2;1-2-3/h5-10,12,22H,3-4,11,13-14H2,1-2H3;2-3H2,1H3. The van der Waals surface area contributed by atoms with E-state index >= 15 is 0 Å². The van der Waals surface area contributed by atoms with Gasteiger partial charge in [-0.1, -0.05) is 44.0 Å². The number of unbranched alkanes of at least 4 members (excludes halogenated alkanes) is 1. The summed E-state index contributed by atoms with van der Waals surface area (Å²) in [6.45, 7) is 7.37. The summed E-state index contributed by atoms with van der Waals surface area (Å²) in [6.07, 6.45) is 2.26. The Morgan fingerprint density at radius 1 is 1.08 bits per heavy atom. The number of nitrogens with zero attached hydrogens (tertiary/aromatic N) is 1. The molecule has 0 fully saturated rings. The highest BCUT2D eigenvalue weighted by atomic mass is 35.5. The van der Waals surface area contributed by atoms with Gasteiger partial charge in [0.2, 0.25) is 0 Å². The van der Waals surface area contributed by atoms with Crippen molar-refractivity contribution in [2.75, 3.05) is 25.5 Å². The number of benzene rings is 2. The average Bonchev–Trinajstić information content (AvgIpc) is 2.62. The Balaban J connectivity index is 0.00000105. The van der Waals surface area contributed by atoms with Gasteiger partial charge in [-0.3, -0.25) is 4.90 Å². The molecule has 0 bridgehead atoms. The molecule has 3 N–H and O–H groups in total. The third kappa shape index (κ3) is 8.17. The van der Waals surface area contributed by atoms with Crippen molar-refractivity contribution in [2.24, 2.45) is 5.73 Å². The number of rotatable bonds is 8. The van der Waals surface area contributed by atoms with E-state index in [4.69, 9.17) is 17.3 Å². The summed E-state index contributed by atoms with van der Waals surface area (Å²) in [5, 5.41) is 3.89. The molecule has 0 aliphatic rings. The van der Waals surface area contributed by atoms with Crippen molar-refractivity contribution in [1.29, 1.82) is 0 Å². The van der Waals surface area contributed by atoms with Crippen LogP contribution in [0.1, 0.15) is 37.8 Å². The zero-order valence-corrected chi connectivity index (χ0v) is 16.8. The van der Waals surface area contributed by atoms with Crippen LogP contribution in [0.15, 0.2) is 42.5 Å². The van der Waals surface area contributed by atoms with Gasteiger partial charge in [0, 0.05) is 30.8 Å². The minimum Gasteiger partial charge on any atom is -0.388 e. The average molecular weight is 380 g/mol. The molecule has 0 aliphatic carbocycles. The lowest BCUT2D eigenvalue weighted by molar-refractivity contribution is 0.252. The fourth-order valence-electron chi connectivity index (χ4n) is 2.62. The number of nitrogens with two attached hydrogens (primary N) is 1. The molecular weight excluding hydrogens is 349 g/mol. The summed E-state index contributed by atoms with van der Waals surface area (Å²) in [6, 6.07) is 12.8. The highest BCUT2D eigenvalue weighted by molar-refractivity contribution is 6.30. The van der Waals surface area contributed by atoms with Crippen LogP contribution in [-0.4, -0.2) is 25.0 Å². The Bertz CT molecular complexity index is 632. The van der Waals surface area contributed by atoms with Crippen LogP contribution in [0.5, 0.6) is 0 Å². The van der Waals surface area contributed by atoms with E-state index in [1.54, 1.807) is 12.1 Å². The Labute approximate surface area is 162 Å². The van der Waals surface area contributed by atoms with Gasteiger partial charge < -0.3 is 11.1 Å². The van der Waals surface area contributed by atoms with Crippen LogP contribution in [0.2, 0.25) is 5.02 Å². The fraction of sp³-hybridized carbons (Fsp3) is 0.429.